The van der Waals surface area contributed by atoms with Gasteiger partial charge < -0.3 is 15.3 Å². The van der Waals surface area contributed by atoms with E-state index in [1.165, 1.54) is 0 Å². The van der Waals surface area contributed by atoms with Crippen LogP contribution in [0.1, 0.15) is 77.6 Å². The fourth-order valence-corrected chi connectivity index (χ4v) is 4.00. The van der Waals surface area contributed by atoms with Crippen LogP contribution in [0.15, 0.2) is 12.2 Å². The van der Waals surface area contributed by atoms with Gasteiger partial charge in [0.05, 0.1) is 17.6 Å². The lowest BCUT2D eigenvalue weighted by molar-refractivity contribution is -0.137. The zero-order valence-electron chi connectivity index (χ0n) is 16.4. The predicted octanol–water partition coefficient (Wildman–Crippen LogP) is 4.08. The molecular formula is C21H35ClO5. The van der Waals surface area contributed by atoms with Crippen LogP contribution in [-0.4, -0.2) is 44.7 Å². The van der Waals surface area contributed by atoms with Gasteiger partial charge in [0.1, 0.15) is 5.78 Å². The first kappa shape index (κ1) is 24.1. The molecule has 0 aromatic carbocycles. The van der Waals surface area contributed by atoms with Crippen molar-refractivity contribution in [3.8, 4) is 0 Å². The monoisotopic (exact) mass is 402 g/mol. The summed E-state index contributed by atoms with van der Waals surface area (Å²) in [5.74, 6) is -0.896. The number of Topliss-reactive ketones (excluding diaryl/α,β-unsaturated/α-hetero) is 1. The van der Waals surface area contributed by atoms with Crippen molar-refractivity contribution >= 4 is 23.4 Å². The van der Waals surface area contributed by atoms with Gasteiger partial charge in [0, 0.05) is 24.7 Å². The van der Waals surface area contributed by atoms with Crippen LogP contribution in [0.5, 0.6) is 0 Å². The van der Waals surface area contributed by atoms with E-state index in [2.05, 4.69) is 6.92 Å². The zero-order chi connectivity index (χ0) is 20.3. The first-order valence-corrected chi connectivity index (χ1v) is 10.7. The molecule has 1 rings (SSSR count). The maximum Gasteiger partial charge on any atom is 0.303 e. The fraction of sp³-hybridized carbons (Fsp3) is 0.810. The Balaban J connectivity index is 2.50. The van der Waals surface area contributed by atoms with Crippen LogP contribution in [0.3, 0.4) is 0 Å². The molecule has 0 saturated heterocycles. The van der Waals surface area contributed by atoms with Crippen molar-refractivity contribution in [2.75, 3.05) is 5.88 Å². The van der Waals surface area contributed by atoms with E-state index in [0.717, 1.165) is 32.1 Å². The summed E-state index contributed by atoms with van der Waals surface area (Å²) in [6, 6.07) is 0. The SMILES string of the molecule is CCCCC(O)(CCl)CC=C[C@H]1[C@H](O)CC(=O)[C@@H]1CCCCCCC(=O)O. The first-order valence-electron chi connectivity index (χ1n) is 10.2. The van der Waals surface area contributed by atoms with E-state index in [-0.39, 0.29) is 36.3 Å². The average Bonchev–Trinajstić information content (AvgIpc) is 2.89. The number of rotatable bonds is 14. The lowest BCUT2D eigenvalue weighted by Crippen LogP contribution is -2.30. The van der Waals surface area contributed by atoms with Crippen molar-refractivity contribution in [3.63, 3.8) is 0 Å². The second-order valence-corrected chi connectivity index (χ2v) is 8.13. The number of alkyl halides is 1. The van der Waals surface area contributed by atoms with Crippen LogP contribution in [0.2, 0.25) is 0 Å². The molecule has 0 radical (unpaired) electrons. The zero-order valence-corrected chi connectivity index (χ0v) is 17.2. The number of carbonyl (C=O) groups is 2. The van der Waals surface area contributed by atoms with Gasteiger partial charge in [-0.2, -0.15) is 0 Å². The van der Waals surface area contributed by atoms with E-state index in [4.69, 9.17) is 16.7 Å². The van der Waals surface area contributed by atoms with E-state index >= 15 is 0 Å². The number of halogens is 1. The summed E-state index contributed by atoms with van der Waals surface area (Å²) in [4.78, 5) is 22.7. The van der Waals surface area contributed by atoms with Crippen molar-refractivity contribution < 1.29 is 24.9 Å². The van der Waals surface area contributed by atoms with Gasteiger partial charge >= 0.3 is 5.97 Å². The van der Waals surface area contributed by atoms with E-state index < -0.39 is 17.7 Å². The third-order valence-corrected chi connectivity index (χ3v) is 5.99. The topological polar surface area (TPSA) is 94.8 Å². The largest absolute Gasteiger partial charge is 0.481 e. The van der Waals surface area contributed by atoms with Crippen molar-refractivity contribution in [1.29, 1.82) is 0 Å². The van der Waals surface area contributed by atoms with Crippen LogP contribution in [0, 0.1) is 11.8 Å². The lowest BCUT2D eigenvalue weighted by atomic mass is 9.87. The van der Waals surface area contributed by atoms with E-state index in [0.29, 0.717) is 25.7 Å². The molecule has 0 spiro atoms. The molecule has 1 aliphatic carbocycles. The van der Waals surface area contributed by atoms with Crippen LogP contribution in [-0.2, 0) is 9.59 Å². The molecule has 1 fully saturated rings. The van der Waals surface area contributed by atoms with Gasteiger partial charge in [-0.1, -0.05) is 51.2 Å². The standard InChI is InChI=1S/C21H35ClO5/c1-2-3-12-21(27,15-22)13-8-10-17-16(18(23)14-19(17)24)9-6-4-5-7-11-20(25)26/h8,10,16-17,19,24,27H,2-7,9,11-15H2,1H3,(H,25,26)/t16-,17-,19-,21?/m1/s1. The van der Waals surface area contributed by atoms with E-state index in [1.807, 2.05) is 12.2 Å². The Bertz CT molecular complexity index is 493. The van der Waals surface area contributed by atoms with Crippen molar-refractivity contribution in [3.05, 3.63) is 12.2 Å². The normalized spacial score (nSPS) is 25.2. The van der Waals surface area contributed by atoms with Crippen LogP contribution < -0.4 is 0 Å². The Morgan fingerprint density at radius 2 is 1.96 bits per heavy atom. The minimum atomic E-state index is -0.929. The number of aliphatic hydroxyl groups excluding tert-OH is 1. The summed E-state index contributed by atoms with van der Waals surface area (Å²) in [5.41, 5.74) is -0.929. The summed E-state index contributed by atoms with van der Waals surface area (Å²) in [7, 11) is 0. The Morgan fingerprint density at radius 1 is 1.26 bits per heavy atom. The molecule has 5 nitrogen and oxygen atoms in total. The number of hydrogen-bond donors (Lipinski definition) is 3. The molecule has 0 amide bonds. The average molecular weight is 403 g/mol. The summed E-state index contributed by atoms with van der Waals surface area (Å²) in [5, 5.41) is 29.4. The summed E-state index contributed by atoms with van der Waals surface area (Å²) in [6.07, 6.45) is 10.4. The molecule has 27 heavy (non-hydrogen) atoms. The Morgan fingerprint density at radius 3 is 2.59 bits per heavy atom. The molecule has 1 unspecified atom stereocenters. The number of ketones is 1. The predicted molar refractivity (Wildman–Crippen MR) is 107 cm³/mol. The number of aliphatic hydroxyl groups is 2. The minimum absolute atomic E-state index is 0.0984. The molecule has 3 N–H and O–H groups in total. The van der Waals surface area contributed by atoms with Gasteiger partial charge in [-0.3, -0.25) is 9.59 Å². The van der Waals surface area contributed by atoms with Crippen LogP contribution >= 0.6 is 11.6 Å². The highest BCUT2D eigenvalue weighted by Crippen LogP contribution is 2.35. The maximum absolute atomic E-state index is 12.2. The van der Waals surface area contributed by atoms with Gasteiger partial charge in [-0.15, -0.1) is 11.6 Å². The third-order valence-electron chi connectivity index (χ3n) is 5.49. The molecule has 0 heterocycles. The Hall–Kier alpha value is -0.910. The second kappa shape index (κ2) is 12.5. The third kappa shape index (κ3) is 8.75. The lowest BCUT2D eigenvalue weighted by Gasteiger charge is -2.24. The van der Waals surface area contributed by atoms with Crippen LogP contribution in [0.25, 0.3) is 0 Å². The van der Waals surface area contributed by atoms with Gasteiger partial charge in [0.15, 0.2) is 0 Å². The molecule has 1 aliphatic rings. The van der Waals surface area contributed by atoms with Crippen molar-refractivity contribution in [2.24, 2.45) is 11.8 Å². The molecule has 0 aromatic heterocycles. The van der Waals surface area contributed by atoms with Gasteiger partial charge in [0.25, 0.3) is 0 Å². The number of aliphatic carboxylic acids is 1. The number of carbonyl (C=O) groups excluding carboxylic acids is 1. The fourth-order valence-electron chi connectivity index (χ4n) is 3.76. The van der Waals surface area contributed by atoms with E-state index in [1.54, 1.807) is 0 Å². The van der Waals surface area contributed by atoms with Gasteiger partial charge in [-0.25, -0.2) is 0 Å². The molecule has 0 bridgehead atoms. The quantitative estimate of drug-likeness (QED) is 0.231. The number of carboxylic acid groups (broad SMARTS) is 1. The Kier molecular flexibility index (Phi) is 11.2. The highest BCUT2D eigenvalue weighted by molar-refractivity contribution is 6.18. The van der Waals surface area contributed by atoms with Gasteiger partial charge in [-0.05, 0) is 25.7 Å². The molecule has 0 aromatic rings. The molecule has 1 saturated carbocycles. The maximum atomic E-state index is 12.2. The smallest absolute Gasteiger partial charge is 0.303 e. The molecule has 156 valence electrons. The van der Waals surface area contributed by atoms with Crippen molar-refractivity contribution in [2.45, 2.75) is 89.3 Å². The highest BCUT2D eigenvalue weighted by Gasteiger charge is 2.39. The molecular weight excluding hydrogens is 368 g/mol. The molecule has 4 atom stereocenters. The number of unbranched alkanes of at least 4 members (excludes halogenated alkanes) is 4. The van der Waals surface area contributed by atoms with Crippen LogP contribution in [0.4, 0.5) is 0 Å². The number of hydrogen-bond acceptors (Lipinski definition) is 4. The highest BCUT2D eigenvalue weighted by atomic mass is 35.5. The summed E-state index contributed by atoms with van der Waals surface area (Å²) >= 11 is 5.93. The molecule has 0 aliphatic heterocycles. The Labute approximate surface area is 167 Å². The summed E-state index contributed by atoms with van der Waals surface area (Å²) in [6.45, 7) is 2.07. The minimum Gasteiger partial charge on any atom is -0.481 e. The van der Waals surface area contributed by atoms with Gasteiger partial charge in [0.2, 0.25) is 0 Å². The second-order valence-electron chi connectivity index (χ2n) is 7.86. The molecule has 6 heteroatoms. The van der Waals surface area contributed by atoms with E-state index in [9.17, 15) is 19.8 Å². The summed E-state index contributed by atoms with van der Waals surface area (Å²) < 4.78 is 0. The van der Waals surface area contributed by atoms with Crippen molar-refractivity contribution in [1.82, 2.24) is 0 Å². The number of carboxylic acids is 1. The first-order chi connectivity index (χ1) is 12.8.